The van der Waals surface area contributed by atoms with Crippen molar-refractivity contribution in [3.8, 4) is 0 Å². The molecule has 19 heavy (non-hydrogen) atoms. The number of rotatable bonds is 1. The summed E-state index contributed by atoms with van der Waals surface area (Å²) >= 11 is 0. The van der Waals surface area contributed by atoms with Crippen LogP contribution in [0.2, 0.25) is 0 Å². The zero-order chi connectivity index (χ0) is 14.2. The van der Waals surface area contributed by atoms with Crippen molar-refractivity contribution in [1.29, 1.82) is 0 Å². The van der Waals surface area contributed by atoms with Crippen molar-refractivity contribution in [2.24, 2.45) is 5.92 Å². The van der Waals surface area contributed by atoms with Gasteiger partial charge >= 0.3 is 6.09 Å². The highest BCUT2D eigenvalue weighted by Gasteiger charge is 2.44. The minimum Gasteiger partial charge on any atom is -0.444 e. The summed E-state index contributed by atoms with van der Waals surface area (Å²) in [4.78, 5) is 16.5. The van der Waals surface area contributed by atoms with Crippen molar-refractivity contribution < 1.29 is 9.53 Å². The maximum atomic E-state index is 12.3. The number of nitrogens with one attached hydrogen (secondary N) is 1. The fourth-order valence-corrected chi connectivity index (χ4v) is 3.26. The number of fused-ring (bicyclic) bond motifs is 1. The van der Waals surface area contributed by atoms with E-state index in [1.165, 1.54) is 0 Å². The van der Waals surface area contributed by atoms with Gasteiger partial charge in [0.15, 0.2) is 0 Å². The molecule has 3 atom stereocenters. The van der Waals surface area contributed by atoms with Gasteiger partial charge < -0.3 is 19.9 Å². The molecule has 2 aliphatic rings. The smallest absolute Gasteiger partial charge is 0.410 e. The van der Waals surface area contributed by atoms with Gasteiger partial charge in [-0.25, -0.2) is 4.79 Å². The molecule has 110 valence electrons. The van der Waals surface area contributed by atoms with Crippen LogP contribution in [0.4, 0.5) is 4.79 Å². The van der Waals surface area contributed by atoms with Crippen LogP contribution in [-0.2, 0) is 4.74 Å². The van der Waals surface area contributed by atoms with Crippen LogP contribution in [0.5, 0.6) is 0 Å². The van der Waals surface area contributed by atoms with Crippen LogP contribution in [0.25, 0.3) is 0 Å². The van der Waals surface area contributed by atoms with Crippen molar-refractivity contribution in [3.63, 3.8) is 0 Å². The number of carbonyl (C=O) groups is 1. The minimum absolute atomic E-state index is 0.164. The Labute approximate surface area is 116 Å². The van der Waals surface area contributed by atoms with Gasteiger partial charge in [-0.1, -0.05) is 0 Å². The SMILES string of the molecule is CN(C)C1CCN(C(=O)OC(C)(C)C)C2CNCC12. The predicted octanol–water partition coefficient (Wildman–Crippen LogP) is 1.15. The van der Waals surface area contributed by atoms with Crippen LogP contribution >= 0.6 is 0 Å². The van der Waals surface area contributed by atoms with Gasteiger partial charge in [0.05, 0.1) is 6.04 Å². The molecule has 0 aromatic heterocycles. The van der Waals surface area contributed by atoms with E-state index in [4.69, 9.17) is 4.74 Å². The molecule has 1 amide bonds. The van der Waals surface area contributed by atoms with E-state index in [9.17, 15) is 4.79 Å². The van der Waals surface area contributed by atoms with E-state index < -0.39 is 5.60 Å². The first-order valence-electron chi connectivity index (χ1n) is 7.16. The molecule has 0 spiro atoms. The predicted molar refractivity (Wildman–Crippen MR) is 75.2 cm³/mol. The molecule has 2 saturated heterocycles. The molecule has 0 aromatic rings. The molecule has 5 heteroatoms. The second-order valence-electron chi connectivity index (χ2n) is 6.88. The molecule has 3 unspecified atom stereocenters. The third-order valence-electron chi connectivity index (χ3n) is 4.08. The molecule has 0 aliphatic carbocycles. The van der Waals surface area contributed by atoms with Crippen LogP contribution in [0.15, 0.2) is 0 Å². The maximum Gasteiger partial charge on any atom is 0.410 e. The molecule has 0 aromatic carbocycles. The van der Waals surface area contributed by atoms with E-state index in [0.29, 0.717) is 12.0 Å². The van der Waals surface area contributed by atoms with Gasteiger partial charge in [0.2, 0.25) is 0 Å². The second-order valence-corrected chi connectivity index (χ2v) is 6.88. The number of piperidine rings is 1. The Bertz CT molecular complexity index is 338. The summed E-state index contributed by atoms with van der Waals surface area (Å²) in [7, 11) is 4.26. The lowest BCUT2D eigenvalue weighted by Crippen LogP contribution is -2.57. The Balaban J connectivity index is 2.06. The molecular formula is C14H27N3O2. The van der Waals surface area contributed by atoms with Gasteiger partial charge in [-0.2, -0.15) is 0 Å². The highest BCUT2D eigenvalue weighted by Crippen LogP contribution is 2.30. The zero-order valence-corrected chi connectivity index (χ0v) is 12.8. The van der Waals surface area contributed by atoms with Crippen LogP contribution < -0.4 is 5.32 Å². The molecule has 2 aliphatic heterocycles. The Kier molecular flexibility index (Phi) is 4.06. The molecular weight excluding hydrogens is 242 g/mol. The molecule has 2 heterocycles. The minimum atomic E-state index is -0.420. The third kappa shape index (κ3) is 3.20. The van der Waals surface area contributed by atoms with Gasteiger partial charge in [0.25, 0.3) is 0 Å². The van der Waals surface area contributed by atoms with Crippen molar-refractivity contribution in [2.45, 2.75) is 44.9 Å². The first-order chi connectivity index (χ1) is 8.79. The van der Waals surface area contributed by atoms with Crippen molar-refractivity contribution in [3.05, 3.63) is 0 Å². The lowest BCUT2D eigenvalue weighted by atomic mass is 9.86. The monoisotopic (exact) mass is 269 g/mol. The lowest BCUT2D eigenvalue weighted by molar-refractivity contribution is -0.00566. The lowest BCUT2D eigenvalue weighted by Gasteiger charge is -2.44. The summed E-state index contributed by atoms with van der Waals surface area (Å²) in [6, 6.07) is 0.828. The molecule has 0 radical (unpaired) electrons. The number of likely N-dealkylation sites (tertiary alicyclic amines) is 1. The average Bonchev–Trinajstić information content (AvgIpc) is 2.73. The van der Waals surface area contributed by atoms with Gasteiger partial charge in [0, 0.05) is 31.6 Å². The standard InChI is InChI=1S/C14H27N3O2/c1-14(2,3)19-13(18)17-7-6-11(16(4)5)10-8-15-9-12(10)17/h10-12,15H,6-9H2,1-5H3. The highest BCUT2D eigenvalue weighted by molar-refractivity contribution is 5.69. The molecule has 1 N–H and O–H groups in total. The van der Waals surface area contributed by atoms with E-state index in [1.807, 2.05) is 25.7 Å². The molecule has 0 bridgehead atoms. The van der Waals surface area contributed by atoms with Crippen molar-refractivity contribution >= 4 is 6.09 Å². The first-order valence-corrected chi connectivity index (χ1v) is 7.16. The van der Waals surface area contributed by atoms with Crippen molar-refractivity contribution in [2.75, 3.05) is 33.7 Å². The van der Waals surface area contributed by atoms with Gasteiger partial charge in [-0.05, 0) is 41.3 Å². The molecule has 2 fully saturated rings. The molecule has 2 rings (SSSR count). The fourth-order valence-electron chi connectivity index (χ4n) is 3.26. The van der Waals surface area contributed by atoms with E-state index in [2.05, 4.69) is 24.3 Å². The first kappa shape index (κ1) is 14.6. The van der Waals surface area contributed by atoms with Crippen LogP contribution in [-0.4, -0.2) is 67.3 Å². The summed E-state index contributed by atoms with van der Waals surface area (Å²) in [5, 5.41) is 3.42. The summed E-state index contributed by atoms with van der Waals surface area (Å²) < 4.78 is 5.53. The summed E-state index contributed by atoms with van der Waals surface area (Å²) in [6.07, 6.45) is 0.859. The van der Waals surface area contributed by atoms with Crippen LogP contribution in [0, 0.1) is 5.92 Å². The Morgan fingerprint density at radius 3 is 2.58 bits per heavy atom. The number of ether oxygens (including phenoxy) is 1. The topological polar surface area (TPSA) is 44.8 Å². The van der Waals surface area contributed by atoms with Crippen molar-refractivity contribution in [1.82, 2.24) is 15.1 Å². The van der Waals surface area contributed by atoms with Gasteiger partial charge in [-0.3, -0.25) is 0 Å². The molecule has 0 saturated carbocycles. The number of hydrogen-bond donors (Lipinski definition) is 1. The zero-order valence-electron chi connectivity index (χ0n) is 12.8. The van der Waals surface area contributed by atoms with Gasteiger partial charge in [-0.15, -0.1) is 0 Å². The summed E-state index contributed by atoms with van der Waals surface area (Å²) in [6.45, 7) is 8.42. The normalized spacial score (nSPS) is 31.5. The summed E-state index contributed by atoms with van der Waals surface area (Å²) in [5.41, 5.74) is -0.420. The van der Waals surface area contributed by atoms with E-state index in [-0.39, 0.29) is 12.1 Å². The van der Waals surface area contributed by atoms with E-state index >= 15 is 0 Å². The second kappa shape index (κ2) is 5.29. The number of hydrogen-bond acceptors (Lipinski definition) is 4. The number of nitrogens with zero attached hydrogens (tertiary/aromatic N) is 2. The van der Waals surface area contributed by atoms with Crippen LogP contribution in [0.3, 0.4) is 0 Å². The van der Waals surface area contributed by atoms with Gasteiger partial charge in [0.1, 0.15) is 5.60 Å². The average molecular weight is 269 g/mol. The largest absolute Gasteiger partial charge is 0.444 e. The number of amides is 1. The molecule has 5 nitrogen and oxygen atoms in total. The Morgan fingerprint density at radius 2 is 2.00 bits per heavy atom. The van der Waals surface area contributed by atoms with E-state index in [1.54, 1.807) is 0 Å². The highest BCUT2D eigenvalue weighted by atomic mass is 16.6. The Hall–Kier alpha value is -0.810. The van der Waals surface area contributed by atoms with E-state index in [0.717, 1.165) is 26.1 Å². The third-order valence-corrected chi connectivity index (χ3v) is 4.08. The number of carbonyl (C=O) groups excluding carboxylic acids is 1. The quantitative estimate of drug-likeness (QED) is 0.775. The Morgan fingerprint density at radius 1 is 1.32 bits per heavy atom. The maximum absolute atomic E-state index is 12.3. The summed E-state index contributed by atoms with van der Waals surface area (Å²) in [5.74, 6) is 0.510. The van der Waals surface area contributed by atoms with Crippen LogP contribution in [0.1, 0.15) is 27.2 Å². The fraction of sp³-hybridized carbons (Fsp3) is 0.929.